The zero-order chi connectivity index (χ0) is 16.2. The van der Waals surface area contributed by atoms with E-state index in [1.807, 2.05) is 10.9 Å². The van der Waals surface area contributed by atoms with Crippen molar-refractivity contribution in [3.63, 3.8) is 0 Å². The van der Waals surface area contributed by atoms with Gasteiger partial charge in [-0.2, -0.15) is 5.10 Å². The Kier molecular flexibility index (Phi) is 5.33. The lowest BCUT2D eigenvalue weighted by atomic mass is 9.85. The Balaban J connectivity index is 1.39. The smallest absolute Gasteiger partial charge is 0.317 e. The highest BCUT2D eigenvalue weighted by molar-refractivity contribution is 5.69. The van der Waals surface area contributed by atoms with Crippen LogP contribution in [0.1, 0.15) is 44.6 Å². The van der Waals surface area contributed by atoms with Crippen LogP contribution in [0.25, 0.3) is 0 Å². The number of nitrogens with zero attached hydrogens (tertiary/aromatic N) is 3. The van der Waals surface area contributed by atoms with E-state index in [1.54, 1.807) is 0 Å². The van der Waals surface area contributed by atoms with E-state index < -0.39 is 5.97 Å². The quantitative estimate of drug-likeness (QED) is 0.687. The lowest BCUT2D eigenvalue weighted by Crippen LogP contribution is -2.54. The Hall–Kier alpha value is -1.40. The molecule has 6 nitrogen and oxygen atoms in total. The predicted molar refractivity (Wildman–Crippen MR) is 88.1 cm³/mol. The summed E-state index contributed by atoms with van der Waals surface area (Å²) >= 11 is 0. The summed E-state index contributed by atoms with van der Waals surface area (Å²) in [5.74, 6) is 0.0381. The molecule has 2 aliphatic rings. The summed E-state index contributed by atoms with van der Waals surface area (Å²) < 4.78 is 1.99. The fourth-order valence-electron chi connectivity index (χ4n) is 3.31. The monoisotopic (exact) mass is 320 g/mol. The molecule has 0 atom stereocenters. The van der Waals surface area contributed by atoms with Gasteiger partial charge in [-0.1, -0.05) is 6.92 Å². The third-order valence-electron chi connectivity index (χ3n) is 4.89. The lowest BCUT2D eigenvalue weighted by Gasteiger charge is -2.43. The van der Waals surface area contributed by atoms with Gasteiger partial charge in [0.15, 0.2) is 0 Å². The molecule has 0 aliphatic heterocycles. The van der Waals surface area contributed by atoms with E-state index in [9.17, 15) is 4.79 Å². The summed E-state index contributed by atoms with van der Waals surface area (Å²) in [5, 5.41) is 17.0. The summed E-state index contributed by atoms with van der Waals surface area (Å²) in [7, 11) is 0. The van der Waals surface area contributed by atoms with Gasteiger partial charge in [0, 0.05) is 43.5 Å². The molecule has 2 N–H and O–H groups in total. The number of aryl methyl sites for hydroxylation is 1. The van der Waals surface area contributed by atoms with Crippen molar-refractivity contribution < 1.29 is 9.90 Å². The molecule has 128 valence electrons. The first kappa shape index (κ1) is 16.5. The number of hydrogen-bond acceptors (Lipinski definition) is 4. The van der Waals surface area contributed by atoms with E-state index in [0.717, 1.165) is 44.8 Å². The van der Waals surface area contributed by atoms with Crippen LogP contribution < -0.4 is 5.32 Å². The number of rotatable bonds is 10. The molecule has 0 radical (unpaired) electrons. The minimum absolute atomic E-state index is 0.192. The van der Waals surface area contributed by atoms with E-state index in [2.05, 4.69) is 28.4 Å². The molecule has 0 aromatic carbocycles. The predicted octanol–water partition coefficient (Wildman–Crippen LogP) is 1.71. The van der Waals surface area contributed by atoms with Crippen LogP contribution in [-0.4, -0.2) is 50.9 Å². The maximum absolute atomic E-state index is 11.0. The number of carboxylic acid groups (broad SMARTS) is 1. The molecule has 0 amide bonds. The van der Waals surface area contributed by atoms with Gasteiger partial charge in [0.1, 0.15) is 0 Å². The summed E-state index contributed by atoms with van der Waals surface area (Å²) in [6.07, 6.45) is 9.79. The molecule has 1 heterocycles. The Morgan fingerprint density at radius 3 is 2.91 bits per heavy atom. The van der Waals surface area contributed by atoms with Crippen LogP contribution in [0.2, 0.25) is 0 Å². The van der Waals surface area contributed by atoms with Crippen molar-refractivity contribution in [2.24, 2.45) is 5.92 Å². The lowest BCUT2D eigenvalue weighted by molar-refractivity contribution is -0.139. The second kappa shape index (κ2) is 7.45. The van der Waals surface area contributed by atoms with Gasteiger partial charge < -0.3 is 10.4 Å². The van der Waals surface area contributed by atoms with Gasteiger partial charge in [0.2, 0.25) is 0 Å². The maximum Gasteiger partial charge on any atom is 0.317 e. The standard InChI is InChI=1S/C17H28N4O2/c1-2-5-21-11-14(9-19-21)8-18-15-6-16(7-15)20(12-17(22)23)10-13-3-4-13/h9,11,13,15-16,18H,2-8,10,12H2,1H3,(H,22,23). The van der Waals surface area contributed by atoms with Gasteiger partial charge in [-0.15, -0.1) is 0 Å². The van der Waals surface area contributed by atoms with Gasteiger partial charge in [-0.05, 0) is 38.0 Å². The normalized spacial score (nSPS) is 23.9. The molecule has 2 aliphatic carbocycles. The Morgan fingerprint density at radius 1 is 1.48 bits per heavy atom. The van der Waals surface area contributed by atoms with Crippen molar-refractivity contribution in [2.75, 3.05) is 13.1 Å². The topological polar surface area (TPSA) is 70.4 Å². The van der Waals surface area contributed by atoms with E-state index in [4.69, 9.17) is 5.11 Å². The van der Waals surface area contributed by atoms with Gasteiger partial charge in [-0.3, -0.25) is 14.4 Å². The van der Waals surface area contributed by atoms with Crippen LogP contribution in [0.15, 0.2) is 12.4 Å². The van der Waals surface area contributed by atoms with Crippen molar-refractivity contribution in [3.05, 3.63) is 18.0 Å². The van der Waals surface area contributed by atoms with Crippen LogP contribution in [0.5, 0.6) is 0 Å². The molecule has 1 aromatic heterocycles. The maximum atomic E-state index is 11.0. The number of carbonyl (C=O) groups is 1. The van der Waals surface area contributed by atoms with Crippen LogP contribution in [0.4, 0.5) is 0 Å². The van der Waals surface area contributed by atoms with Crippen molar-refractivity contribution in [1.29, 1.82) is 0 Å². The van der Waals surface area contributed by atoms with E-state index >= 15 is 0 Å². The summed E-state index contributed by atoms with van der Waals surface area (Å²) in [5.41, 5.74) is 1.22. The number of hydrogen-bond donors (Lipinski definition) is 2. The first-order valence-corrected chi connectivity index (χ1v) is 8.84. The van der Waals surface area contributed by atoms with Gasteiger partial charge in [0.25, 0.3) is 0 Å². The molecule has 2 fully saturated rings. The molecule has 3 rings (SSSR count). The first-order chi connectivity index (χ1) is 11.1. The molecule has 0 saturated heterocycles. The molecule has 23 heavy (non-hydrogen) atoms. The van der Waals surface area contributed by atoms with Gasteiger partial charge in [0.05, 0.1) is 12.7 Å². The molecule has 1 aromatic rings. The number of aliphatic carboxylic acids is 1. The average molecular weight is 320 g/mol. The van der Waals surface area contributed by atoms with Crippen LogP contribution in [-0.2, 0) is 17.9 Å². The molecule has 2 saturated carbocycles. The Labute approximate surface area is 137 Å². The van der Waals surface area contributed by atoms with E-state index in [-0.39, 0.29) is 6.54 Å². The van der Waals surface area contributed by atoms with Crippen molar-refractivity contribution >= 4 is 5.97 Å². The molecule has 0 spiro atoms. The van der Waals surface area contributed by atoms with Crippen LogP contribution in [0, 0.1) is 5.92 Å². The van der Waals surface area contributed by atoms with Gasteiger partial charge in [-0.25, -0.2) is 0 Å². The highest BCUT2D eigenvalue weighted by Crippen LogP contribution is 2.33. The zero-order valence-electron chi connectivity index (χ0n) is 13.9. The minimum Gasteiger partial charge on any atom is -0.480 e. The first-order valence-electron chi connectivity index (χ1n) is 8.84. The number of aromatic nitrogens is 2. The van der Waals surface area contributed by atoms with Crippen molar-refractivity contribution in [3.8, 4) is 0 Å². The highest BCUT2D eigenvalue weighted by atomic mass is 16.4. The Bertz CT molecular complexity index is 520. The minimum atomic E-state index is -0.703. The summed E-state index contributed by atoms with van der Waals surface area (Å²) in [6, 6.07) is 0.942. The van der Waals surface area contributed by atoms with Crippen LogP contribution >= 0.6 is 0 Å². The summed E-state index contributed by atoms with van der Waals surface area (Å²) in [6.45, 7) is 5.13. The molecular weight excluding hydrogens is 292 g/mol. The second-order valence-electron chi connectivity index (χ2n) is 7.08. The molecule has 6 heteroatoms. The van der Waals surface area contributed by atoms with Crippen molar-refractivity contribution in [1.82, 2.24) is 20.0 Å². The fourth-order valence-corrected chi connectivity index (χ4v) is 3.31. The van der Waals surface area contributed by atoms with Crippen LogP contribution in [0.3, 0.4) is 0 Å². The Morgan fingerprint density at radius 2 is 2.26 bits per heavy atom. The SMILES string of the molecule is CCCn1cc(CNC2CC(N(CC(=O)O)CC3CC3)C2)cn1. The highest BCUT2D eigenvalue weighted by Gasteiger charge is 2.36. The zero-order valence-corrected chi connectivity index (χ0v) is 13.9. The fraction of sp³-hybridized carbons (Fsp3) is 0.765. The number of carboxylic acids is 1. The average Bonchev–Trinajstić information content (AvgIpc) is 3.15. The van der Waals surface area contributed by atoms with E-state index in [1.165, 1.54) is 18.4 Å². The number of nitrogens with one attached hydrogen (secondary N) is 1. The molecule has 0 unspecified atom stereocenters. The molecule has 0 bridgehead atoms. The van der Waals surface area contributed by atoms with Gasteiger partial charge >= 0.3 is 5.97 Å². The molecular formula is C17H28N4O2. The second-order valence-corrected chi connectivity index (χ2v) is 7.08. The van der Waals surface area contributed by atoms with Crippen molar-refractivity contribution in [2.45, 2.75) is 64.2 Å². The summed E-state index contributed by atoms with van der Waals surface area (Å²) in [4.78, 5) is 13.2. The third-order valence-corrected chi connectivity index (χ3v) is 4.89. The van der Waals surface area contributed by atoms with E-state index in [0.29, 0.717) is 12.1 Å². The largest absolute Gasteiger partial charge is 0.480 e. The third kappa shape index (κ3) is 4.78.